The molecule has 126 valence electrons. The van der Waals surface area contributed by atoms with E-state index in [1.807, 2.05) is 67.6 Å². The van der Waals surface area contributed by atoms with Gasteiger partial charge in [-0.1, -0.05) is 46.3 Å². The maximum absolute atomic E-state index is 13.1. The SMILES string of the molecule is Cc1ccccc1-n1c(=C(C#N)C#N)sc(=Cc2ccc(Br)cc2)c1=O. The van der Waals surface area contributed by atoms with E-state index < -0.39 is 0 Å². The number of hydrogen-bond acceptors (Lipinski definition) is 4. The summed E-state index contributed by atoms with van der Waals surface area (Å²) in [5.74, 6) is 0. The van der Waals surface area contributed by atoms with Crippen molar-refractivity contribution < 1.29 is 0 Å². The summed E-state index contributed by atoms with van der Waals surface area (Å²) in [4.78, 5) is 13.1. The van der Waals surface area contributed by atoms with Crippen molar-refractivity contribution in [2.24, 2.45) is 0 Å². The molecule has 1 aromatic heterocycles. The largest absolute Gasteiger partial charge is 0.273 e. The molecule has 0 amide bonds. The van der Waals surface area contributed by atoms with Crippen LogP contribution in [0.3, 0.4) is 0 Å². The Morgan fingerprint density at radius 1 is 1.12 bits per heavy atom. The number of hydrogen-bond donors (Lipinski definition) is 0. The van der Waals surface area contributed by atoms with Crippen LogP contribution in [0.15, 0.2) is 57.8 Å². The fraction of sp³-hybridized carbons (Fsp3) is 0.0500. The molecular weight excluding hydrogens is 410 g/mol. The molecule has 3 rings (SSSR count). The Labute approximate surface area is 162 Å². The van der Waals surface area contributed by atoms with Crippen LogP contribution < -0.4 is 14.8 Å². The first-order valence-electron chi connectivity index (χ1n) is 7.65. The zero-order chi connectivity index (χ0) is 18.7. The van der Waals surface area contributed by atoms with Gasteiger partial charge in [-0.2, -0.15) is 10.5 Å². The van der Waals surface area contributed by atoms with Crippen LogP contribution >= 0.6 is 27.3 Å². The van der Waals surface area contributed by atoms with E-state index in [2.05, 4.69) is 15.9 Å². The van der Waals surface area contributed by atoms with E-state index in [9.17, 15) is 15.3 Å². The standard InChI is InChI=1S/C20H12BrN3OS/c1-13-4-2-3-5-17(13)24-19(25)18(26-20(24)15(11-22)12-23)10-14-6-8-16(21)9-7-14/h2-10H,1H3. The lowest BCUT2D eigenvalue weighted by atomic mass is 10.2. The first-order chi connectivity index (χ1) is 12.5. The van der Waals surface area contributed by atoms with E-state index in [0.717, 1.165) is 26.9 Å². The summed E-state index contributed by atoms with van der Waals surface area (Å²) in [6.07, 6.45) is 1.77. The predicted molar refractivity (Wildman–Crippen MR) is 106 cm³/mol. The van der Waals surface area contributed by atoms with Crippen molar-refractivity contribution in [1.82, 2.24) is 4.57 Å². The first-order valence-corrected chi connectivity index (χ1v) is 9.25. The lowest BCUT2D eigenvalue weighted by Crippen LogP contribution is -2.31. The Balaban J connectivity index is 2.41. The van der Waals surface area contributed by atoms with Crippen molar-refractivity contribution in [2.45, 2.75) is 6.92 Å². The maximum atomic E-state index is 13.1. The monoisotopic (exact) mass is 421 g/mol. The minimum absolute atomic E-state index is 0.0780. The molecular formula is C20H12BrN3OS. The van der Waals surface area contributed by atoms with Crippen LogP contribution in [-0.4, -0.2) is 4.57 Å². The second-order valence-electron chi connectivity index (χ2n) is 5.49. The summed E-state index contributed by atoms with van der Waals surface area (Å²) in [7, 11) is 0. The molecule has 0 spiro atoms. The minimum atomic E-state index is -0.245. The van der Waals surface area contributed by atoms with Crippen LogP contribution in [0.1, 0.15) is 11.1 Å². The third kappa shape index (κ3) is 3.39. The molecule has 0 aliphatic heterocycles. The van der Waals surface area contributed by atoms with Crippen LogP contribution in [0, 0.1) is 29.6 Å². The van der Waals surface area contributed by atoms with Gasteiger partial charge in [0.05, 0.1) is 10.2 Å². The van der Waals surface area contributed by atoms with Crippen LogP contribution in [0.4, 0.5) is 0 Å². The number of nitriles is 2. The van der Waals surface area contributed by atoms with Gasteiger partial charge < -0.3 is 0 Å². The first kappa shape index (κ1) is 17.9. The molecule has 3 aromatic rings. The average Bonchev–Trinajstić information content (AvgIpc) is 2.95. The van der Waals surface area contributed by atoms with Gasteiger partial charge in [0.2, 0.25) is 0 Å². The van der Waals surface area contributed by atoms with Gasteiger partial charge in [-0.25, -0.2) is 0 Å². The van der Waals surface area contributed by atoms with Crippen molar-refractivity contribution in [1.29, 1.82) is 10.5 Å². The number of nitrogens with zero attached hydrogens (tertiary/aromatic N) is 3. The van der Waals surface area contributed by atoms with Crippen LogP contribution in [0.2, 0.25) is 0 Å². The van der Waals surface area contributed by atoms with Crippen molar-refractivity contribution in [3.05, 3.63) is 83.7 Å². The summed E-state index contributed by atoms with van der Waals surface area (Å²) in [5, 5.41) is 18.6. The molecule has 0 saturated carbocycles. The highest BCUT2D eigenvalue weighted by molar-refractivity contribution is 9.10. The van der Waals surface area contributed by atoms with Gasteiger partial charge in [0.15, 0.2) is 5.57 Å². The Morgan fingerprint density at radius 2 is 1.77 bits per heavy atom. The molecule has 4 nitrogen and oxygen atoms in total. The van der Waals surface area contributed by atoms with Gasteiger partial charge in [-0.15, -0.1) is 11.3 Å². The van der Waals surface area contributed by atoms with Crippen LogP contribution in [0.5, 0.6) is 0 Å². The Morgan fingerprint density at radius 3 is 2.38 bits per heavy atom. The van der Waals surface area contributed by atoms with E-state index in [4.69, 9.17) is 0 Å². The van der Waals surface area contributed by atoms with Gasteiger partial charge in [-0.05, 0) is 42.3 Å². The molecule has 1 heterocycles. The zero-order valence-corrected chi connectivity index (χ0v) is 16.1. The molecule has 0 saturated heterocycles. The molecule has 26 heavy (non-hydrogen) atoms. The molecule has 0 fully saturated rings. The highest BCUT2D eigenvalue weighted by Crippen LogP contribution is 2.12. The summed E-state index contributed by atoms with van der Waals surface area (Å²) in [6.45, 7) is 1.89. The molecule has 0 aliphatic rings. The lowest BCUT2D eigenvalue weighted by Gasteiger charge is -2.05. The number of rotatable bonds is 2. The molecule has 6 heteroatoms. The van der Waals surface area contributed by atoms with Crippen molar-refractivity contribution in [3.8, 4) is 17.8 Å². The van der Waals surface area contributed by atoms with Gasteiger partial charge in [0.1, 0.15) is 16.8 Å². The number of aromatic nitrogens is 1. The van der Waals surface area contributed by atoms with E-state index >= 15 is 0 Å². The average molecular weight is 422 g/mol. The highest BCUT2D eigenvalue weighted by atomic mass is 79.9. The summed E-state index contributed by atoms with van der Waals surface area (Å²) >= 11 is 4.53. The normalized spacial score (nSPS) is 11.0. The fourth-order valence-electron chi connectivity index (χ4n) is 2.51. The Kier molecular flexibility index (Phi) is 5.18. The van der Waals surface area contributed by atoms with Crippen LogP contribution in [0.25, 0.3) is 17.3 Å². The lowest BCUT2D eigenvalue weighted by molar-refractivity contribution is 0.975. The van der Waals surface area contributed by atoms with E-state index in [1.54, 1.807) is 6.08 Å². The predicted octanol–water partition coefficient (Wildman–Crippen LogP) is 3.00. The molecule has 0 radical (unpaired) electrons. The number of thiazole rings is 1. The molecule has 0 atom stereocenters. The quantitative estimate of drug-likeness (QED) is 0.638. The van der Waals surface area contributed by atoms with Gasteiger partial charge >= 0.3 is 0 Å². The topological polar surface area (TPSA) is 69.6 Å². The summed E-state index contributed by atoms with van der Waals surface area (Å²) in [6, 6.07) is 18.8. The van der Waals surface area contributed by atoms with Gasteiger partial charge in [-0.3, -0.25) is 9.36 Å². The van der Waals surface area contributed by atoms with E-state index in [1.165, 1.54) is 4.57 Å². The number of halogens is 1. The second-order valence-corrected chi connectivity index (χ2v) is 7.44. The van der Waals surface area contributed by atoms with E-state index in [-0.39, 0.29) is 11.1 Å². The molecule has 0 bridgehead atoms. The molecule has 0 unspecified atom stereocenters. The Hall–Kier alpha value is -2.93. The second kappa shape index (κ2) is 7.53. The zero-order valence-electron chi connectivity index (χ0n) is 13.7. The summed E-state index contributed by atoms with van der Waals surface area (Å²) < 4.78 is 3.21. The van der Waals surface area contributed by atoms with Crippen molar-refractivity contribution in [2.75, 3.05) is 0 Å². The molecule has 0 aliphatic carbocycles. The smallest absolute Gasteiger partial charge is 0.267 e. The van der Waals surface area contributed by atoms with Crippen molar-refractivity contribution in [3.63, 3.8) is 0 Å². The highest BCUT2D eigenvalue weighted by Gasteiger charge is 2.12. The third-order valence-corrected chi connectivity index (χ3v) is 5.41. The fourth-order valence-corrected chi connectivity index (χ4v) is 3.83. The number of para-hydroxylation sites is 1. The van der Waals surface area contributed by atoms with Gasteiger partial charge in [0.25, 0.3) is 5.56 Å². The number of aryl methyl sites for hydroxylation is 1. The molecule has 2 aromatic carbocycles. The molecule has 0 N–H and O–H groups in total. The third-order valence-electron chi connectivity index (χ3n) is 3.79. The summed E-state index contributed by atoms with van der Waals surface area (Å²) in [5.41, 5.74) is 2.10. The van der Waals surface area contributed by atoms with Gasteiger partial charge in [0, 0.05) is 4.47 Å². The number of benzene rings is 2. The van der Waals surface area contributed by atoms with Crippen LogP contribution in [-0.2, 0) is 0 Å². The van der Waals surface area contributed by atoms with Crippen molar-refractivity contribution >= 4 is 38.9 Å². The minimum Gasteiger partial charge on any atom is -0.267 e. The maximum Gasteiger partial charge on any atom is 0.273 e. The van der Waals surface area contributed by atoms with E-state index in [0.29, 0.717) is 14.9 Å². The Bertz CT molecular complexity index is 1220.